The van der Waals surface area contributed by atoms with Gasteiger partial charge in [-0.15, -0.1) is 0 Å². The van der Waals surface area contributed by atoms with Gasteiger partial charge < -0.3 is 5.32 Å². The first-order chi connectivity index (χ1) is 7.54. The quantitative estimate of drug-likeness (QED) is 0.790. The smallest absolute Gasteiger partial charge is 0.238 e. The molecule has 0 aliphatic heterocycles. The van der Waals surface area contributed by atoms with E-state index in [9.17, 15) is 9.59 Å². The molecular weight excluding hydrogens is 202 g/mol. The topological polar surface area (TPSA) is 46.2 Å². The number of nitrogens with one attached hydrogen (secondary N) is 1. The molecule has 1 saturated carbocycles. The lowest BCUT2D eigenvalue weighted by molar-refractivity contribution is -0.131. The Morgan fingerprint density at radius 2 is 1.75 bits per heavy atom. The highest BCUT2D eigenvalue weighted by Crippen LogP contribution is 2.47. The maximum Gasteiger partial charge on any atom is 0.238 e. The first kappa shape index (κ1) is 10.9. The number of aryl methyl sites for hydroxylation is 1. The molecule has 3 nitrogen and oxygen atoms in total. The number of hydrogen-bond acceptors (Lipinski definition) is 2. The maximum atomic E-state index is 11.9. The molecule has 1 N–H and O–H groups in total. The third-order valence-corrected chi connectivity index (χ3v) is 3.17. The number of ketones is 1. The van der Waals surface area contributed by atoms with Gasteiger partial charge in [0, 0.05) is 5.69 Å². The number of hydrogen-bond donors (Lipinski definition) is 1. The SMILES string of the molecule is CC(=O)C1(C(=O)Nc2ccc(C)cc2)CC1. The minimum absolute atomic E-state index is 0.0305. The second-order valence-electron chi connectivity index (χ2n) is 4.46. The Balaban J connectivity index is 2.08. The van der Waals surface area contributed by atoms with Gasteiger partial charge in [0.1, 0.15) is 11.2 Å². The minimum atomic E-state index is -0.731. The summed E-state index contributed by atoms with van der Waals surface area (Å²) in [6, 6.07) is 7.57. The third-order valence-electron chi connectivity index (χ3n) is 3.17. The van der Waals surface area contributed by atoms with E-state index in [1.807, 2.05) is 31.2 Å². The Labute approximate surface area is 94.9 Å². The molecule has 0 atom stereocenters. The molecule has 1 aliphatic carbocycles. The predicted octanol–water partition coefficient (Wildman–Crippen LogP) is 2.30. The van der Waals surface area contributed by atoms with Crippen LogP contribution in [0.5, 0.6) is 0 Å². The van der Waals surface area contributed by atoms with Crippen LogP contribution in [0.25, 0.3) is 0 Å². The van der Waals surface area contributed by atoms with Crippen molar-refractivity contribution in [1.29, 1.82) is 0 Å². The predicted molar refractivity (Wildman–Crippen MR) is 62.2 cm³/mol. The van der Waals surface area contributed by atoms with E-state index < -0.39 is 5.41 Å². The Kier molecular flexibility index (Phi) is 2.54. The zero-order valence-corrected chi connectivity index (χ0v) is 9.54. The second-order valence-corrected chi connectivity index (χ2v) is 4.46. The van der Waals surface area contributed by atoms with Gasteiger partial charge in [-0.25, -0.2) is 0 Å². The van der Waals surface area contributed by atoms with Crippen LogP contribution in [0.4, 0.5) is 5.69 Å². The molecule has 1 amide bonds. The van der Waals surface area contributed by atoms with Crippen molar-refractivity contribution < 1.29 is 9.59 Å². The van der Waals surface area contributed by atoms with Crippen LogP contribution in [0.3, 0.4) is 0 Å². The van der Waals surface area contributed by atoms with Crippen LogP contribution in [0.1, 0.15) is 25.3 Å². The number of benzene rings is 1. The van der Waals surface area contributed by atoms with Crippen molar-refractivity contribution in [2.24, 2.45) is 5.41 Å². The molecule has 3 heteroatoms. The van der Waals surface area contributed by atoms with Crippen molar-refractivity contribution in [1.82, 2.24) is 0 Å². The molecule has 1 aromatic rings. The van der Waals surface area contributed by atoms with Gasteiger partial charge in [0.15, 0.2) is 0 Å². The van der Waals surface area contributed by atoms with Crippen LogP contribution in [-0.4, -0.2) is 11.7 Å². The summed E-state index contributed by atoms with van der Waals surface area (Å²) in [6.45, 7) is 3.48. The summed E-state index contributed by atoms with van der Waals surface area (Å²) < 4.78 is 0. The molecule has 1 aromatic carbocycles. The Morgan fingerprint density at radius 1 is 1.19 bits per heavy atom. The van der Waals surface area contributed by atoms with Crippen LogP contribution < -0.4 is 5.32 Å². The molecule has 16 heavy (non-hydrogen) atoms. The van der Waals surface area contributed by atoms with Crippen LogP contribution in [0, 0.1) is 12.3 Å². The fourth-order valence-corrected chi connectivity index (χ4v) is 1.75. The Hall–Kier alpha value is -1.64. The molecule has 1 aliphatic rings. The lowest BCUT2D eigenvalue weighted by Crippen LogP contribution is -2.29. The first-order valence-electron chi connectivity index (χ1n) is 5.44. The largest absolute Gasteiger partial charge is 0.325 e. The molecule has 0 radical (unpaired) electrons. The van der Waals surface area contributed by atoms with Gasteiger partial charge in [0.05, 0.1) is 0 Å². The van der Waals surface area contributed by atoms with Gasteiger partial charge in [-0.05, 0) is 38.8 Å². The molecule has 2 rings (SSSR count). The highest BCUT2D eigenvalue weighted by atomic mass is 16.2. The minimum Gasteiger partial charge on any atom is -0.325 e. The van der Waals surface area contributed by atoms with E-state index in [2.05, 4.69) is 5.32 Å². The molecule has 0 unspecified atom stereocenters. The number of rotatable bonds is 3. The van der Waals surface area contributed by atoms with Crippen LogP contribution in [0.2, 0.25) is 0 Å². The average Bonchev–Trinajstić information content (AvgIpc) is 3.02. The lowest BCUT2D eigenvalue weighted by Gasteiger charge is -2.11. The van der Waals surface area contributed by atoms with Crippen LogP contribution in [0.15, 0.2) is 24.3 Å². The zero-order valence-electron chi connectivity index (χ0n) is 9.54. The van der Waals surface area contributed by atoms with E-state index in [-0.39, 0.29) is 11.7 Å². The summed E-state index contributed by atoms with van der Waals surface area (Å²) >= 11 is 0. The molecule has 0 spiro atoms. The van der Waals surface area contributed by atoms with E-state index in [4.69, 9.17) is 0 Å². The molecule has 0 heterocycles. The van der Waals surface area contributed by atoms with Gasteiger partial charge >= 0.3 is 0 Å². The number of anilines is 1. The molecular formula is C13H15NO2. The molecule has 0 saturated heterocycles. The number of carbonyl (C=O) groups excluding carboxylic acids is 2. The number of carbonyl (C=O) groups is 2. The fourth-order valence-electron chi connectivity index (χ4n) is 1.75. The van der Waals surface area contributed by atoms with Gasteiger partial charge in [0.25, 0.3) is 0 Å². The van der Waals surface area contributed by atoms with E-state index >= 15 is 0 Å². The van der Waals surface area contributed by atoms with Crippen molar-refractivity contribution >= 4 is 17.4 Å². The summed E-state index contributed by atoms with van der Waals surface area (Å²) in [5.74, 6) is -0.194. The Morgan fingerprint density at radius 3 is 2.19 bits per heavy atom. The summed E-state index contributed by atoms with van der Waals surface area (Å²) in [4.78, 5) is 23.2. The highest BCUT2D eigenvalue weighted by molar-refractivity contribution is 6.12. The monoisotopic (exact) mass is 217 g/mol. The number of Topliss-reactive ketones (excluding diaryl/α,β-unsaturated/α-hetero) is 1. The summed E-state index contributed by atoms with van der Waals surface area (Å²) in [7, 11) is 0. The van der Waals surface area contributed by atoms with Crippen molar-refractivity contribution in [2.45, 2.75) is 26.7 Å². The van der Waals surface area contributed by atoms with Gasteiger partial charge in [-0.1, -0.05) is 17.7 Å². The summed E-state index contributed by atoms with van der Waals surface area (Å²) in [6.07, 6.45) is 1.36. The molecule has 0 bridgehead atoms. The normalized spacial score (nSPS) is 16.6. The van der Waals surface area contributed by atoms with Gasteiger partial charge in [-0.3, -0.25) is 9.59 Å². The van der Waals surface area contributed by atoms with Crippen LogP contribution >= 0.6 is 0 Å². The van der Waals surface area contributed by atoms with E-state index in [0.29, 0.717) is 12.8 Å². The van der Waals surface area contributed by atoms with Crippen LogP contribution in [-0.2, 0) is 9.59 Å². The summed E-state index contributed by atoms with van der Waals surface area (Å²) in [5, 5.41) is 2.79. The fraction of sp³-hybridized carbons (Fsp3) is 0.385. The molecule has 1 fully saturated rings. The highest BCUT2D eigenvalue weighted by Gasteiger charge is 2.54. The number of amides is 1. The first-order valence-corrected chi connectivity index (χ1v) is 5.44. The van der Waals surface area contributed by atoms with Crippen molar-refractivity contribution in [3.8, 4) is 0 Å². The van der Waals surface area contributed by atoms with E-state index in [1.54, 1.807) is 0 Å². The van der Waals surface area contributed by atoms with Crippen molar-refractivity contribution in [3.63, 3.8) is 0 Å². The molecule has 84 valence electrons. The molecule has 0 aromatic heterocycles. The average molecular weight is 217 g/mol. The van der Waals surface area contributed by atoms with Gasteiger partial charge in [0.2, 0.25) is 5.91 Å². The Bertz CT molecular complexity index is 430. The summed E-state index contributed by atoms with van der Waals surface area (Å²) in [5.41, 5.74) is 1.17. The maximum absolute atomic E-state index is 11.9. The lowest BCUT2D eigenvalue weighted by atomic mass is 10.0. The van der Waals surface area contributed by atoms with Gasteiger partial charge in [-0.2, -0.15) is 0 Å². The van der Waals surface area contributed by atoms with Crippen molar-refractivity contribution in [2.75, 3.05) is 5.32 Å². The standard InChI is InChI=1S/C13H15NO2/c1-9-3-5-11(6-4-9)14-12(16)13(7-8-13)10(2)15/h3-6H,7-8H2,1-2H3,(H,14,16). The third kappa shape index (κ3) is 1.85. The van der Waals surface area contributed by atoms with E-state index in [1.165, 1.54) is 6.92 Å². The van der Waals surface area contributed by atoms with E-state index in [0.717, 1.165) is 11.3 Å². The second kappa shape index (κ2) is 3.74. The van der Waals surface area contributed by atoms with Crippen molar-refractivity contribution in [3.05, 3.63) is 29.8 Å². The zero-order chi connectivity index (χ0) is 11.8.